The average molecular weight is 182 g/mol. The van der Waals surface area contributed by atoms with Crippen LogP contribution >= 0.6 is 0 Å². The highest BCUT2D eigenvalue weighted by Gasteiger charge is 2.45. The van der Waals surface area contributed by atoms with E-state index >= 15 is 0 Å². The molecule has 1 fully saturated rings. The molecule has 2 aliphatic heterocycles. The van der Waals surface area contributed by atoms with Crippen molar-refractivity contribution in [2.75, 3.05) is 33.2 Å². The minimum Gasteiger partial charge on any atom is -0.370 e. The number of likely N-dealkylation sites (tertiary alicyclic amines) is 1. The fourth-order valence-electron chi connectivity index (χ4n) is 2.55. The Bertz CT molecular complexity index is 238. The van der Waals surface area contributed by atoms with E-state index in [4.69, 9.17) is 5.73 Å². The molecule has 0 aromatic rings. The van der Waals surface area contributed by atoms with E-state index < -0.39 is 0 Å². The molecule has 0 amide bonds. The number of nitrogens with zero attached hydrogens (tertiary/aromatic N) is 3. The Morgan fingerprint density at radius 3 is 2.92 bits per heavy atom. The molecule has 74 valence electrons. The van der Waals surface area contributed by atoms with E-state index in [1.54, 1.807) is 0 Å². The molecular weight excluding hydrogens is 164 g/mol. The van der Waals surface area contributed by atoms with Crippen molar-refractivity contribution in [3.8, 4) is 0 Å². The van der Waals surface area contributed by atoms with Crippen molar-refractivity contribution in [2.24, 2.45) is 10.7 Å². The lowest BCUT2D eigenvalue weighted by Crippen LogP contribution is -2.52. The third-order valence-electron chi connectivity index (χ3n) is 3.22. The van der Waals surface area contributed by atoms with Crippen molar-refractivity contribution in [1.29, 1.82) is 0 Å². The van der Waals surface area contributed by atoms with E-state index in [0.29, 0.717) is 0 Å². The standard InChI is InChI=1S/C9H18N4/c1-3-13-8(10)11-6-9(13)4-5-12(2)7-9/h3-7H2,1-2H3,(H2,10,11). The van der Waals surface area contributed by atoms with E-state index in [0.717, 1.165) is 25.6 Å². The summed E-state index contributed by atoms with van der Waals surface area (Å²) < 4.78 is 0. The highest BCUT2D eigenvalue weighted by molar-refractivity contribution is 5.81. The van der Waals surface area contributed by atoms with Crippen LogP contribution in [0, 0.1) is 0 Å². The third-order valence-corrected chi connectivity index (χ3v) is 3.22. The van der Waals surface area contributed by atoms with Gasteiger partial charge in [0, 0.05) is 19.6 Å². The van der Waals surface area contributed by atoms with Gasteiger partial charge in [0.25, 0.3) is 0 Å². The lowest BCUT2D eigenvalue weighted by molar-refractivity contribution is 0.212. The zero-order valence-corrected chi connectivity index (χ0v) is 8.45. The smallest absolute Gasteiger partial charge is 0.191 e. The van der Waals surface area contributed by atoms with Gasteiger partial charge in [-0.2, -0.15) is 0 Å². The van der Waals surface area contributed by atoms with Gasteiger partial charge in [-0.1, -0.05) is 0 Å². The van der Waals surface area contributed by atoms with Gasteiger partial charge in [-0.05, 0) is 20.4 Å². The molecule has 0 bridgehead atoms. The van der Waals surface area contributed by atoms with E-state index in [1.807, 2.05) is 0 Å². The molecule has 0 radical (unpaired) electrons. The van der Waals surface area contributed by atoms with Gasteiger partial charge in [0.15, 0.2) is 5.96 Å². The lowest BCUT2D eigenvalue weighted by atomic mass is 9.98. The molecule has 1 saturated heterocycles. The van der Waals surface area contributed by atoms with E-state index in [2.05, 4.69) is 28.8 Å². The highest BCUT2D eigenvalue weighted by Crippen LogP contribution is 2.30. The Morgan fingerprint density at radius 1 is 1.62 bits per heavy atom. The van der Waals surface area contributed by atoms with Gasteiger partial charge < -0.3 is 15.5 Å². The van der Waals surface area contributed by atoms with Crippen molar-refractivity contribution in [3.05, 3.63) is 0 Å². The van der Waals surface area contributed by atoms with Crippen molar-refractivity contribution in [2.45, 2.75) is 18.9 Å². The summed E-state index contributed by atoms with van der Waals surface area (Å²) in [6.45, 7) is 6.28. The molecule has 2 aliphatic rings. The predicted molar refractivity (Wildman–Crippen MR) is 53.7 cm³/mol. The van der Waals surface area contributed by atoms with Crippen LogP contribution in [0.25, 0.3) is 0 Å². The van der Waals surface area contributed by atoms with E-state index in [1.165, 1.54) is 13.0 Å². The van der Waals surface area contributed by atoms with Crippen LogP contribution in [0.4, 0.5) is 0 Å². The number of guanidine groups is 1. The monoisotopic (exact) mass is 182 g/mol. The molecule has 0 aromatic carbocycles. The van der Waals surface area contributed by atoms with Gasteiger partial charge in [0.05, 0.1) is 12.1 Å². The Labute approximate surface area is 79.4 Å². The summed E-state index contributed by atoms with van der Waals surface area (Å²) >= 11 is 0. The second kappa shape index (κ2) is 2.87. The van der Waals surface area contributed by atoms with E-state index in [-0.39, 0.29) is 5.54 Å². The quantitative estimate of drug-likeness (QED) is 0.606. The Kier molecular flexibility index (Phi) is 1.95. The van der Waals surface area contributed by atoms with Crippen LogP contribution in [0.2, 0.25) is 0 Å². The minimum absolute atomic E-state index is 0.230. The molecule has 0 aliphatic carbocycles. The fourth-order valence-corrected chi connectivity index (χ4v) is 2.55. The summed E-state index contributed by atoms with van der Waals surface area (Å²) in [7, 11) is 2.16. The zero-order chi connectivity index (χ0) is 9.47. The molecule has 2 rings (SSSR count). The van der Waals surface area contributed by atoms with Gasteiger partial charge in [-0.3, -0.25) is 4.99 Å². The normalized spacial score (nSPS) is 34.6. The number of nitrogens with two attached hydrogens (primary N) is 1. The molecule has 2 N–H and O–H groups in total. The zero-order valence-electron chi connectivity index (χ0n) is 8.45. The van der Waals surface area contributed by atoms with Gasteiger partial charge in [0.2, 0.25) is 0 Å². The van der Waals surface area contributed by atoms with Gasteiger partial charge in [0.1, 0.15) is 0 Å². The Hall–Kier alpha value is -0.770. The minimum atomic E-state index is 0.230. The maximum absolute atomic E-state index is 5.85. The van der Waals surface area contributed by atoms with Gasteiger partial charge in [-0.15, -0.1) is 0 Å². The number of hydrogen-bond donors (Lipinski definition) is 1. The molecule has 0 saturated carbocycles. The average Bonchev–Trinajstić information content (AvgIpc) is 2.59. The SMILES string of the molecule is CCN1C(N)=NCC12CCN(C)C2. The molecule has 4 nitrogen and oxygen atoms in total. The first-order valence-corrected chi connectivity index (χ1v) is 4.94. The second-order valence-corrected chi connectivity index (χ2v) is 4.13. The number of rotatable bonds is 1. The van der Waals surface area contributed by atoms with Crippen LogP contribution in [0.1, 0.15) is 13.3 Å². The maximum Gasteiger partial charge on any atom is 0.191 e. The van der Waals surface area contributed by atoms with Gasteiger partial charge in [-0.25, -0.2) is 0 Å². The van der Waals surface area contributed by atoms with Crippen molar-refractivity contribution >= 4 is 5.96 Å². The molecule has 1 unspecified atom stereocenters. The van der Waals surface area contributed by atoms with Crippen LogP contribution in [-0.4, -0.2) is 54.5 Å². The van der Waals surface area contributed by atoms with E-state index in [9.17, 15) is 0 Å². The maximum atomic E-state index is 5.85. The van der Waals surface area contributed by atoms with Crippen LogP contribution in [0.5, 0.6) is 0 Å². The number of likely N-dealkylation sites (N-methyl/N-ethyl adjacent to an activating group) is 2. The summed E-state index contributed by atoms with van der Waals surface area (Å²) in [5.41, 5.74) is 6.08. The first-order valence-electron chi connectivity index (χ1n) is 4.94. The third kappa shape index (κ3) is 1.20. The largest absolute Gasteiger partial charge is 0.370 e. The molecule has 1 spiro atoms. The van der Waals surface area contributed by atoms with Gasteiger partial charge >= 0.3 is 0 Å². The summed E-state index contributed by atoms with van der Waals surface area (Å²) in [5.74, 6) is 0.734. The molecular formula is C9H18N4. The van der Waals surface area contributed by atoms with Crippen LogP contribution in [0.15, 0.2) is 4.99 Å². The molecule has 4 heteroatoms. The Balaban J connectivity index is 2.17. The van der Waals surface area contributed by atoms with Crippen molar-refractivity contribution in [3.63, 3.8) is 0 Å². The lowest BCUT2D eigenvalue weighted by Gasteiger charge is -2.34. The topological polar surface area (TPSA) is 44.9 Å². The second-order valence-electron chi connectivity index (χ2n) is 4.13. The first-order chi connectivity index (χ1) is 6.18. The predicted octanol–water partition coefficient (Wildman–Crippen LogP) is -0.289. The molecule has 0 aromatic heterocycles. The van der Waals surface area contributed by atoms with Crippen molar-refractivity contribution in [1.82, 2.24) is 9.80 Å². The summed E-state index contributed by atoms with van der Waals surface area (Å²) in [6, 6.07) is 0. The highest BCUT2D eigenvalue weighted by atomic mass is 15.4. The van der Waals surface area contributed by atoms with Crippen LogP contribution < -0.4 is 5.73 Å². The van der Waals surface area contributed by atoms with Crippen LogP contribution in [-0.2, 0) is 0 Å². The molecule has 13 heavy (non-hydrogen) atoms. The summed E-state index contributed by atoms with van der Waals surface area (Å²) in [5, 5.41) is 0. The molecule has 1 atom stereocenters. The first kappa shape index (κ1) is 8.81. The van der Waals surface area contributed by atoms with Crippen LogP contribution in [0.3, 0.4) is 0 Å². The molecule has 2 heterocycles. The van der Waals surface area contributed by atoms with Crippen molar-refractivity contribution < 1.29 is 0 Å². The summed E-state index contributed by atoms with van der Waals surface area (Å²) in [4.78, 5) is 8.97. The Morgan fingerprint density at radius 2 is 2.38 bits per heavy atom. The fraction of sp³-hybridized carbons (Fsp3) is 0.889. The number of hydrogen-bond acceptors (Lipinski definition) is 4. The summed E-state index contributed by atoms with van der Waals surface area (Å²) in [6.07, 6.45) is 1.20. The number of aliphatic imine (C=N–C) groups is 1.